The highest BCUT2D eigenvalue weighted by molar-refractivity contribution is 9.10. The molecule has 0 bridgehead atoms. The number of carbonyl (C=O) groups is 4. The highest BCUT2D eigenvalue weighted by Crippen LogP contribution is 2.28. The number of nitrogens with one attached hydrogen (secondary N) is 1. The number of rotatable bonds is 7. The van der Waals surface area contributed by atoms with Crippen LogP contribution in [-0.2, 0) is 14.3 Å². The largest absolute Gasteiger partial charge is 0.462 e. The van der Waals surface area contributed by atoms with Gasteiger partial charge in [0.2, 0.25) is 5.88 Å². The van der Waals surface area contributed by atoms with E-state index in [1.54, 1.807) is 6.92 Å². The van der Waals surface area contributed by atoms with Crippen molar-refractivity contribution >= 4 is 45.4 Å². The first-order valence-corrected chi connectivity index (χ1v) is 9.18. The fourth-order valence-electron chi connectivity index (χ4n) is 2.48. The molecule has 2 rings (SSSR count). The Labute approximate surface area is 173 Å². The average Bonchev–Trinajstić information content (AvgIpc) is 2.96. The van der Waals surface area contributed by atoms with Gasteiger partial charge >= 0.3 is 11.9 Å². The van der Waals surface area contributed by atoms with Crippen molar-refractivity contribution in [2.75, 3.05) is 18.5 Å². The molecule has 10 heteroatoms. The monoisotopic (exact) mass is 469 g/mol. The van der Waals surface area contributed by atoms with E-state index in [0.29, 0.717) is 0 Å². The van der Waals surface area contributed by atoms with Gasteiger partial charge in [-0.1, -0.05) is 0 Å². The first-order chi connectivity index (χ1) is 13.6. The molecular weight excluding hydrogens is 453 g/mol. The van der Waals surface area contributed by atoms with Gasteiger partial charge in [-0.05, 0) is 54.9 Å². The Bertz CT molecular complexity index is 983. The summed E-state index contributed by atoms with van der Waals surface area (Å²) in [5, 5.41) is 2.29. The smallest absolute Gasteiger partial charge is 0.344 e. The van der Waals surface area contributed by atoms with Crippen molar-refractivity contribution in [3.63, 3.8) is 0 Å². The van der Waals surface area contributed by atoms with Crippen LogP contribution in [0.2, 0.25) is 0 Å². The molecule has 154 valence electrons. The molecule has 1 aromatic heterocycles. The Balaban J connectivity index is 2.14. The number of esters is 2. The molecule has 8 nitrogen and oxygen atoms in total. The van der Waals surface area contributed by atoms with Gasteiger partial charge in [0.05, 0.1) is 17.7 Å². The highest BCUT2D eigenvalue weighted by atomic mass is 79.9. The van der Waals surface area contributed by atoms with Crippen LogP contribution in [0.5, 0.6) is 0 Å². The van der Waals surface area contributed by atoms with Crippen molar-refractivity contribution in [1.82, 2.24) is 0 Å². The predicted molar refractivity (Wildman–Crippen MR) is 102 cm³/mol. The molecule has 0 aliphatic rings. The number of aryl methyl sites for hydroxylation is 1. The summed E-state index contributed by atoms with van der Waals surface area (Å²) < 4.78 is 28.4. The summed E-state index contributed by atoms with van der Waals surface area (Å²) in [5.74, 6) is -3.66. The maximum atomic E-state index is 13.1. The van der Waals surface area contributed by atoms with Crippen molar-refractivity contribution in [2.45, 2.75) is 20.8 Å². The zero-order chi connectivity index (χ0) is 21.7. The van der Waals surface area contributed by atoms with Gasteiger partial charge in [0.1, 0.15) is 17.1 Å². The van der Waals surface area contributed by atoms with Crippen LogP contribution in [0.1, 0.15) is 50.7 Å². The van der Waals surface area contributed by atoms with Gasteiger partial charge < -0.3 is 13.9 Å². The van der Waals surface area contributed by atoms with Gasteiger partial charge in [-0.2, -0.15) is 0 Å². The second kappa shape index (κ2) is 9.46. The Kier molecular flexibility index (Phi) is 7.27. The van der Waals surface area contributed by atoms with Gasteiger partial charge in [0.15, 0.2) is 12.4 Å². The van der Waals surface area contributed by atoms with Gasteiger partial charge in [-0.15, -0.1) is 0 Å². The molecule has 0 saturated carbocycles. The molecule has 1 heterocycles. The highest BCUT2D eigenvalue weighted by Gasteiger charge is 2.29. The molecule has 29 heavy (non-hydrogen) atoms. The quantitative estimate of drug-likeness (QED) is 0.486. The molecule has 1 amide bonds. The SMILES string of the molecule is CCOC(=O)c1c(NC(=O)COC(=O)c2ccc(F)cc2Br)oc(C)c1C(C)=O. The molecular formula is C19H17BrFNO7. The summed E-state index contributed by atoms with van der Waals surface area (Å²) in [4.78, 5) is 48.2. The van der Waals surface area contributed by atoms with Gasteiger partial charge in [0, 0.05) is 4.47 Å². The number of anilines is 1. The maximum Gasteiger partial charge on any atom is 0.344 e. The van der Waals surface area contributed by atoms with Crippen molar-refractivity contribution in [2.24, 2.45) is 0 Å². The number of halogens is 2. The van der Waals surface area contributed by atoms with E-state index in [1.807, 2.05) is 0 Å². The number of furan rings is 1. The predicted octanol–water partition coefficient (Wildman–Crippen LogP) is 3.66. The summed E-state index contributed by atoms with van der Waals surface area (Å²) in [7, 11) is 0. The Morgan fingerprint density at radius 3 is 2.41 bits per heavy atom. The van der Waals surface area contributed by atoms with Crippen LogP contribution in [0, 0.1) is 12.7 Å². The minimum atomic E-state index is -0.863. The molecule has 0 aliphatic carbocycles. The molecule has 0 atom stereocenters. The van der Waals surface area contributed by atoms with E-state index in [0.717, 1.165) is 12.1 Å². The zero-order valence-electron chi connectivity index (χ0n) is 15.8. The number of amides is 1. The third-order valence-corrected chi connectivity index (χ3v) is 4.31. The second-order valence-electron chi connectivity index (χ2n) is 5.76. The first-order valence-electron chi connectivity index (χ1n) is 8.39. The third-order valence-electron chi connectivity index (χ3n) is 3.65. The number of carbonyl (C=O) groups excluding carboxylic acids is 4. The number of hydrogen-bond donors (Lipinski definition) is 1. The molecule has 0 fully saturated rings. The summed E-state index contributed by atoms with van der Waals surface area (Å²) in [5.41, 5.74) is -0.192. The second-order valence-corrected chi connectivity index (χ2v) is 6.62. The fraction of sp³-hybridized carbons (Fsp3) is 0.263. The summed E-state index contributed by atoms with van der Waals surface area (Å²) in [6.07, 6.45) is 0. The molecule has 0 unspecified atom stereocenters. The third kappa shape index (κ3) is 5.29. The lowest BCUT2D eigenvalue weighted by Gasteiger charge is -2.08. The van der Waals surface area contributed by atoms with Gasteiger partial charge in [-0.3, -0.25) is 14.9 Å². The van der Waals surface area contributed by atoms with E-state index in [2.05, 4.69) is 21.2 Å². The molecule has 0 radical (unpaired) electrons. The molecule has 2 aromatic rings. The maximum absolute atomic E-state index is 13.1. The van der Waals surface area contributed by atoms with Crippen molar-refractivity contribution in [1.29, 1.82) is 0 Å². The topological polar surface area (TPSA) is 112 Å². The normalized spacial score (nSPS) is 10.4. The van der Waals surface area contributed by atoms with E-state index in [4.69, 9.17) is 13.9 Å². The van der Waals surface area contributed by atoms with Crippen molar-refractivity contribution in [3.05, 3.63) is 50.9 Å². The van der Waals surface area contributed by atoms with E-state index in [1.165, 1.54) is 19.9 Å². The van der Waals surface area contributed by atoms with E-state index in [-0.39, 0.29) is 39.4 Å². The molecule has 1 N–H and O–H groups in total. The molecule has 0 aliphatic heterocycles. The van der Waals surface area contributed by atoms with Crippen LogP contribution >= 0.6 is 15.9 Å². The lowest BCUT2D eigenvalue weighted by Crippen LogP contribution is -2.22. The van der Waals surface area contributed by atoms with Crippen LogP contribution < -0.4 is 5.32 Å². The minimum absolute atomic E-state index is 0.00834. The van der Waals surface area contributed by atoms with Gasteiger partial charge in [-0.25, -0.2) is 14.0 Å². The lowest BCUT2D eigenvalue weighted by atomic mass is 10.1. The average molecular weight is 470 g/mol. The van der Waals surface area contributed by atoms with Crippen LogP contribution in [0.25, 0.3) is 0 Å². The molecule has 0 saturated heterocycles. The minimum Gasteiger partial charge on any atom is -0.462 e. The number of ether oxygens (including phenoxy) is 2. The number of benzene rings is 1. The van der Waals surface area contributed by atoms with Crippen LogP contribution in [0.15, 0.2) is 27.1 Å². The fourth-order valence-corrected chi connectivity index (χ4v) is 2.99. The van der Waals surface area contributed by atoms with E-state index < -0.39 is 36.1 Å². The Morgan fingerprint density at radius 1 is 1.14 bits per heavy atom. The summed E-state index contributed by atoms with van der Waals surface area (Å²) >= 11 is 3.03. The Hall–Kier alpha value is -3.01. The van der Waals surface area contributed by atoms with E-state index in [9.17, 15) is 23.6 Å². The number of ketones is 1. The summed E-state index contributed by atoms with van der Waals surface area (Å²) in [6, 6.07) is 3.35. The van der Waals surface area contributed by atoms with Crippen molar-refractivity contribution < 1.29 is 37.5 Å². The van der Waals surface area contributed by atoms with Crippen LogP contribution in [0.4, 0.5) is 10.3 Å². The van der Waals surface area contributed by atoms with Crippen LogP contribution in [-0.4, -0.2) is 36.8 Å². The summed E-state index contributed by atoms with van der Waals surface area (Å²) in [6.45, 7) is 3.64. The van der Waals surface area contributed by atoms with Crippen molar-refractivity contribution in [3.8, 4) is 0 Å². The first kappa shape index (κ1) is 22.3. The molecule has 0 spiro atoms. The van der Waals surface area contributed by atoms with Crippen LogP contribution in [0.3, 0.4) is 0 Å². The van der Waals surface area contributed by atoms with Gasteiger partial charge in [0.25, 0.3) is 5.91 Å². The lowest BCUT2D eigenvalue weighted by molar-refractivity contribution is -0.119. The standard InChI is InChI=1S/C19H17BrFNO7/c1-4-27-19(26)16-15(9(2)23)10(3)29-17(16)22-14(24)8-28-18(25)12-6-5-11(21)7-13(12)20/h5-7H,4,8H2,1-3H3,(H,22,24). The van der Waals surface area contributed by atoms with E-state index >= 15 is 0 Å². The molecule has 1 aromatic carbocycles. The number of hydrogen-bond acceptors (Lipinski definition) is 7. The zero-order valence-corrected chi connectivity index (χ0v) is 17.3. The Morgan fingerprint density at radius 2 is 1.83 bits per heavy atom. The number of Topliss-reactive ketones (excluding diaryl/α,β-unsaturated/α-hetero) is 1.